The molecule has 2 heterocycles. The van der Waals surface area contributed by atoms with Crippen LogP contribution in [0, 0.1) is 5.41 Å². The number of H-pyrrole nitrogens is 1. The maximum atomic E-state index is 13.2. The Hall–Kier alpha value is -4.14. The molecule has 0 aliphatic carbocycles. The van der Waals surface area contributed by atoms with E-state index >= 15 is 0 Å². The Balaban J connectivity index is 1.53. The second kappa shape index (κ2) is 9.15. The Morgan fingerprint density at radius 2 is 1.94 bits per heavy atom. The number of rotatable bonds is 7. The van der Waals surface area contributed by atoms with Crippen LogP contribution in [0.25, 0.3) is 10.9 Å². The maximum Gasteiger partial charge on any atom is 0.305 e. The molecule has 2 aromatic carbocycles. The molecule has 1 fully saturated rings. The van der Waals surface area contributed by atoms with Gasteiger partial charge in [-0.1, -0.05) is 30.3 Å². The number of nitrogens with zero attached hydrogens (tertiary/aromatic N) is 1. The third-order valence-electron chi connectivity index (χ3n) is 5.88. The number of nitrogens with two attached hydrogens (primary N) is 1. The molecule has 1 aromatic heterocycles. The second-order valence-electron chi connectivity index (χ2n) is 8.13. The van der Waals surface area contributed by atoms with Gasteiger partial charge in [-0.3, -0.25) is 19.8 Å². The van der Waals surface area contributed by atoms with Crippen molar-refractivity contribution >= 4 is 34.5 Å². The smallest absolute Gasteiger partial charge is 0.305 e. The molecular formula is C24H25N5O4. The van der Waals surface area contributed by atoms with E-state index < -0.39 is 18.1 Å². The zero-order valence-electron chi connectivity index (χ0n) is 17.9. The minimum absolute atomic E-state index is 0.0587. The third-order valence-corrected chi connectivity index (χ3v) is 5.88. The number of nitrogen functional groups attached to an aromatic ring is 1. The van der Waals surface area contributed by atoms with Crippen LogP contribution >= 0.6 is 0 Å². The van der Waals surface area contributed by atoms with E-state index in [0.717, 1.165) is 10.9 Å². The maximum absolute atomic E-state index is 13.2. The van der Waals surface area contributed by atoms with Crippen molar-refractivity contribution in [2.75, 3.05) is 6.54 Å². The van der Waals surface area contributed by atoms with E-state index in [4.69, 9.17) is 11.1 Å². The van der Waals surface area contributed by atoms with Gasteiger partial charge in [0.2, 0.25) is 5.91 Å². The van der Waals surface area contributed by atoms with Gasteiger partial charge in [0, 0.05) is 23.0 Å². The molecule has 0 saturated carbocycles. The van der Waals surface area contributed by atoms with E-state index in [1.165, 1.54) is 4.90 Å². The number of hydrogen-bond donors (Lipinski definition) is 5. The summed E-state index contributed by atoms with van der Waals surface area (Å²) in [6, 6.07) is 14.4. The molecule has 2 atom stereocenters. The van der Waals surface area contributed by atoms with Gasteiger partial charge >= 0.3 is 5.97 Å². The van der Waals surface area contributed by atoms with Crippen molar-refractivity contribution in [3.05, 3.63) is 71.4 Å². The van der Waals surface area contributed by atoms with Crippen LogP contribution in [0.1, 0.15) is 46.9 Å². The summed E-state index contributed by atoms with van der Waals surface area (Å²) in [5.41, 5.74) is 7.88. The standard InChI is InChI=1S/C24H25N5O4/c25-22(26)15-8-9-17-16(11-15)12-19(27-17)24(33)29-10-4-7-20(29)23(32)28-18(13-21(30)31)14-5-2-1-3-6-14/h1-3,5-6,8-9,11-12,18,20,27H,4,7,10,13H2,(H3,25,26)(H,28,32)(H,30,31)/t18?,20-/m1/s1. The Bertz CT molecular complexity index is 1220. The predicted octanol–water partition coefficient (Wildman–Crippen LogP) is 2.39. The lowest BCUT2D eigenvalue weighted by molar-refractivity contribution is -0.138. The molecule has 2 amide bonds. The normalized spacial score (nSPS) is 16.5. The number of aliphatic carboxylic acids is 1. The fraction of sp³-hybridized carbons (Fsp3) is 0.250. The minimum Gasteiger partial charge on any atom is -0.481 e. The molecule has 1 saturated heterocycles. The number of carboxylic acid groups (broad SMARTS) is 1. The quantitative estimate of drug-likeness (QED) is 0.278. The molecule has 6 N–H and O–H groups in total. The zero-order valence-corrected chi connectivity index (χ0v) is 17.9. The molecule has 0 spiro atoms. The van der Waals surface area contributed by atoms with Crippen molar-refractivity contribution in [1.82, 2.24) is 15.2 Å². The van der Waals surface area contributed by atoms with Crippen LogP contribution in [0.2, 0.25) is 0 Å². The van der Waals surface area contributed by atoms with Crippen LogP contribution in [-0.4, -0.2) is 51.2 Å². The Kier molecular flexibility index (Phi) is 6.12. The summed E-state index contributed by atoms with van der Waals surface area (Å²) in [7, 11) is 0. The highest BCUT2D eigenvalue weighted by Gasteiger charge is 2.36. The number of nitrogens with one attached hydrogen (secondary N) is 3. The van der Waals surface area contributed by atoms with Crippen molar-refractivity contribution in [1.29, 1.82) is 5.41 Å². The van der Waals surface area contributed by atoms with E-state index in [0.29, 0.717) is 36.2 Å². The molecule has 170 valence electrons. The Labute approximate surface area is 190 Å². The van der Waals surface area contributed by atoms with Gasteiger partial charge in [0.05, 0.1) is 12.5 Å². The van der Waals surface area contributed by atoms with Crippen LogP contribution in [-0.2, 0) is 9.59 Å². The second-order valence-corrected chi connectivity index (χ2v) is 8.13. The molecule has 0 bridgehead atoms. The lowest BCUT2D eigenvalue weighted by Gasteiger charge is -2.26. The number of carbonyl (C=O) groups is 3. The number of amides is 2. The van der Waals surface area contributed by atoms with Gasteiger partial charge in [0.1, 0.15) is 17.6 Å². The average molecular weight is 447 g/mol. The first-order chi connectivity index (χ1) is 15.8. The van der Waals surface area contributed by atoms with Crippen molar-refractivity contribution in [2.45, 2.75) is 31.3 Å². The highest BCUT2D eigenvalue weighted by Crippen LogP contribution is 2.25. The van der Waals surface area contributed by atoms with Crippen LogP contribution < -0.4 is 11.1 Å². The first-order valence-electron chi connectivity index (χ1n) is 10.7. The number of amidine groups is 1. The summed E-state index contributed by atoms with van der Waals surface area (Å²) >= 11 is 0. The van der Waals surface area contributed by atoms with Gasteiger partial charge in [0.25, 0.3) is 5.91 Å². The van der Waals surface area contributed by atoms with E-state index in [-0.39, 0.29) is 24.1 Å². The van der Waals surface area contributed by atoms with E-state index in [1.807, 2.05) is 6.07 Å². The first kappa shape index (κ1) is 22.1. The molecule has 9 nitrogen and oxygen atoms in total. The average Bonchev–Trinajstić information content (AvgIpc) is 3.45. The Morgan fingerprint density at radius 3 is 2.64 bits per heavy atom. The summed E-state index contributed by atoms with van der Waals surface area (Å²) in [5, 5.41) is 20.5. The van der Waals surface area contributed by atoms with Gasteiger partial charge in [-0.05, 0) is 42.7 Å². The monoisotopic (exact) mass is 447 g/mol. The number of likely N-dealkylation sites (tertiary alicyclic amines) is 1. The topological polar surface area (TPSA) is 152 Å². The molecule has 3 aromatic rings. The fourth-order valence-corrected chi connectivity index (χ4v) is 4.23. The predicted molar refractivity (Wildman–Crippen MR) is 123 cm³/mol. The fourth-order valence-electron chi connectivity index (χ4n) is 4.23. The lowest BCUT2D eigenvalue weighted by Crippen LogP contribution is -2.47. The number of aromatic amines is 1. The minimum atomic E-state index is -1.02. The number of benzene rings is 2. The number of carboxylic acids is 1. The van der Waals surface area contributed by atoms with Crippen molar-refractivity contribution in [3.63, 3.8) is 0 Å². The van der Waals surface area contributed by atoms with Crippen LogP contribution in [0.5, 0.6) is 0 Å². The van der Waals surface area contributed by atoms with Crippen LogP contribution in [0.4, 0.5) is 0 Å². The largest absolute Gasteiger partial charge is 0.481 e. The Morgan fingerprint density at radius 1 is 1.18 bits per heavy atom. The van der Waals surface area contributed by atoms with Crippen molar-refractivity contribution in [2.24, 2.45) is 5.73 Å². The van der Waals surface area contributed by atoms with E-state index in [2.05, 4.69) is 10.3 Å². The number of hydrogen-bond acceptors (Lipinski definition) is 4. The van der Waals surface area contributed by atoms with Gasteiger partial charge in [-0.2, -0.15) is 0 Å². The summed E-state index contributed by atoms with van der Waals surface area (Å²) in [4.78, 5) is 42.3. The molecular weight excluding hydrogens is 422 g/mol. The van der Waals surface area contributed by atoms with Gasteiger partial charge in [0.15, 0.2) is 0 Å². The summed E-state index contributed by atoms with van der Waals surface area (Å²) in [5.74, 6) is -1.75. The summed E-state index contributed by atoms with van der Waals surface area (Å²) in [6.45, 7) is 0.430. The number of carbonyl (C=O) groups excluding carboxylic acids is 2. The molecule has 0 radical (unpaired) electrons. The molecule has 1 aliphatic heterocycles. The number of fused-ring (bicyclic) bond motifs is 1. The van der Waals surface area contributed by atoms with E-state index in [9.17, 15) is 19.5 Å². The van der Waals surface area contributed by atoms with Gasteiger partial charge in [-0.25, -0.2) is 0 Å². The highest BCUT2D eigenvalue weighted by molar-refractivity contribution is 6.03. The molecule has 1 aliphatic rings. The third kappa shape index (κ3) is 4.72. The van der Waals surface area contributed by atoms with E-state index in [1.54, 1.807) is 48.5 Å². The molecule has 1 unspecified atom stereocenters. The van der Waals surface area contributed by atoms with Crippen LogP contribution in [0.3, 0.4) is 0 Å². The van der Waals surface area contributed by atoms with Gasteiger partial charge in [-0.15, -0.1) is 0 Å². The summed E-state index contributed by atoms with van der Waals surface area (Å²) < 4.78 is 0. The van der Waals surface area contributed by atoms with Crippen molar-refractivity contribution < 1.29 is 19.5 Å². The highest BCUT2D eigenvalue weighted by atomic mass is 16.4. The number of aromatic nitrogens is 1. The summed E-state index contributed by atoms with van der Waals surface area (Å²) in [6.07, 6.45) is 0.922. The SMILES string of the molecule is N=C(N)c1ccc2[nH]c(C(=O)N3CCC[C@@H]3C(=O)NC(CC(=O)O)c3ccccc3)cc2c1. The van der Waals surface area contributed by atoms with Crippen LogP contribution in [0.15, 0.2) is 54.6 Å². The van der Waals surface area contributed by atoms with Gasteiger partial charge < -0.3 is 26.0 Å². The zero-order chi connectivity index (χ0) is 23.5. The molecule has 9 heteroatoms. The molecule has 33 heavy (non-hydrogen) atoms. The first-order valence-corrected chi connectivity index (χ1v) is 10.7. The van der Waals surface area contributed by atoms with Crippen molar-refractivity contribution in [3.8, 4) is 0 Å². The molecule has 4 rings (SSSR count). The lowest BCUT2D eigenvalue weighted by atomic mass is 10.0.